The maximum absolute atomic E-state index is 5.89. The zero-order valence-corrected chi connectivity index (χ0v) is 14.6. The van der Waals surface area contributed by atoms with Gasteiger partial charge in [-0.2, -0.15) is 0 Å². The highest BCUT2D eigenvalue weighted by Gasteiger charge is 2.50. The minimum absolute atomic E-state index is 0.281. The monoisotopic (exact) mass is 324 g/mol. The fraction of sp³-hybridized carbons (Fsp3) is 1.00. The Kier molecular flexibility index (Phi) is 10.5. The van der Waals surface area contributed by atoms with E-state index in [4.69, 9.17) is 40.6 Å². The van der Waals surface area contributed by atoms with Gasteiger partial charge < -0.3 is 40.6 Å². The maximum Gasteiger partial charge on any atom is 0.680 e. The lowest BCUT2D eigenvalue weighted by molar-refractivity contribution is -0.0908. The molecule has 0 bridgehead atoms. The minimum atomic E-state index is -3.45. The number of hydrogen-bond donors (Lipinski definition) is 4. The summed E-state index contributed by atoms with van der Waals surface area (Å²) in [5.41, 5.74) is 22.5. The first-order valence-electron chi connectivity index (χ1n) is 7.33. The molecule has 4 unspecified atom stereocenters. The highest BCUT2D eigenvalue weighted by molar-refractivity contribution is 6.53. The largest absolute Gasteiger partial charge is 0.680 e. The molecule has 0 radical (unpaired) electrons. The van der Waals surface area contributed by atoms with Crippen molar-refractivity contribution >= 4 is 9.05 Å². The van der Waals surface area contributed by atoms with E-state index in [1.807, 2.05) is 27.7 Å². The van der Waals surface area contributed by atoms with Gasteiger partial charge in [0.2, 0.25) is 0 Å². The van der Waals surface area contributed by atoms with E-state index in [1.54, 1.807) is 0 Å². The molecule has 21 heavy (non-hydrogen) atoms. The van der Waals surface area contributed by atoms with Crippen molar-refractivity contribution < 1.29 is 17.7 Å². The summed E-state index contributed by atoms with van der Waals surface area (Å²) in [4.78, 5) is 0. The SMILES string of the molecule is CC(CN)O[Si](OC(C)CN)(OC(C)CN)OC(C)CN. The Morgan fingerprint density at radius 3 is 0.905 bits per heavy atom. The summed E-state index contributed by atoms with van der Waals surface area (Å²) in [6.45, 7) is 8.56. The van der Waals surface area contributed by atoms with Gasteiger partial charge in [0.15, 0.2) is 0 Å². The summed E-state index contributed by atoms with van der Waals surface area (Å²) in [5.74, 6) is 0. The van der Waals surface area contributed by atoms with Crippen LogP contribution in [0.5, 0.6) is 0 Å². The Morgan fingerprint density at radius 1 is 0.571 bits per heavy atom. The van der Waals surface area contributed by atoms with Crippen molar-refractivity contribution in [1.29, 1.82) is 0 Å². The molecule has 0 aliphatic carbocycles. The Morgan fingerprint density at radius 2 is 0.762 bits per heavy atom. The van der Waals surface area contributed by atoms with Crippen LogP contribution in [0.15, 0.2) is 0 Å². The van der Waals surface area contributed by atoms with E-state index in [0.29, 0.717) is 26.2 Å². The van der Waals surface area contributed by atoms with Crippen LogP contribution in [0.4, 0.5) is 0 Å². The quantitative estimate of drug-likeness (QED) is 0.331. The van der Waals surface area contributed by atoms with Gasteiger partial charge in [-0.05, 0) is 27.7 Å². The van der Waals surface area contributed by atoms with E-state index >= 15 is 0 Å². The van der Waals surface area contributed by atoms with E-state index in [9.17, 15) is 0 Å². The molecule has 0 spiro atoms. The van der Waals surface area contributed by atoms with Gasteiger partial charge in [0.05, 0.1) is 24.4 Å². The molecule has 128 valence electrons. The van der Waals surface area contributed by atoms with Gasteiger partial charge in [0.25, 0.3) is 0 Å². The van der Waals surface area contributed by atoms with Crippen molar-refractivity contribution in [2.75, 3.05) is 26.2 Å². The van der Waals surface area contributed by atoms with Crippen molar-refractivity contribution in [2.45, 2.75) is 52.1 Å². The Hall–Kier alpha value is -0.103. The van der Waals surface area contributed by atoms with Gasteiger partial charge in [-0.3, -0.25) is 0 Å². The topological polar surface area (TPSA) is 141 Å². The van der Waals surface area contributed by atoms with Crippen LogP contribution < -0.4 is 22.9 Å². The van der Waals surface area contributed by atoms with E-state index in [2.05, 4.69) is 0 Å². The third kappa shape index (κ3) is 8.19. The fourth-order valence-corrected chi connectivity index (χ4v) is 4.03. The second-order valence-corrected chi connectivity index (χ2v) is 7.10. The molecule has 0 amide bonds. The summed E-state index contributed by atoms with van der Waals surface area (Å²) < 4.78 is 23.5. The van der Waals surface area contributed by atoms with Crippen molar-refractivity contribution in [3.8, 4) is 0 Å². The van der Waals surface area contributed by atoms with Crippen LogP contribution in [0.25, 0.3) is 0 Å². The molecular weight excluding hydrogens is 292 g/mol. The van der Waals surface area contributed by atoms with Crippen LogP contribution in [-0.2, 0) is 17.7 Å². The van der Waals surface area contributed by atoms with Gasteiger partial charge >= 0.3 is 9.05 Å². The Balaban J connectivity index is 5.23. The van der Waals surface area contributed by atoms with Gasteiger partial charge in [-0.1, -0.05) is 0 Å². The van der Waals surface area contributed by atoms with E-state index in [-0.39, 0.29) is 24.4 Å². The zero-order valence-electron chi connectivity index (χ0n) is 13.6. The normalized spacial score (nSPS) is 20.6. The highest BCUT2D eigenvalue weighted by Crippen LogP contribution is 2.20. The molecule has 0 saturated heterocycles. The van der Waals surface area contributed by atoms with Crippen molar-refractivity contribution in [1.82, 2.24) is 0 Å². The molecule has 0 aromatic heterocycles. The van der Waals surface area contributed by atoms with Crippen LogP contribution in [0.3, 0.4) is 0 Å². The van der Waals surface area contributed by atoms with Crippen LogP contribution in [0.1, 0.15) is 27.7 Å². The van der Waals surface area contributed by atoms with Crippen LogP contribution in [-0.4, -0.2) is 59.6 Å². The van der Waals surface area contributed by atoms with Crippen molar-refractivity contribution in [2.24, 2.45) is 22.9 Å². The summed E-state index contributed by atoms with van der Waals surface area (Å²) in [5, 5.41) is 0. The Bertz CT molecular complexity index is 222. The van der Waals surface area contributed by atoms with Crippen LogP contribution >= 0.6 is 0 Å². The first-order chi connectivity index (χ1) is 9.82. The number of nitrogens with two attached hydrogens (primary N) is 4. The van der Waals surface area contributed by atoms with Gasteiger partial charge in [-0.25, -0.2) is 0 Å². The molecule has 0 aliphatic rings. The second kappa shape index (κ2) is 10.6. The van der Waals surface area contributed by atoms with Crippen molar-refractivity contribution in [3.63, 3.8) is 0 Å². The number of rotatable bonds is 12. The molecule has 9 heteroatoms. The molecule has 8 nitrogen and oxygen atoms in total. The average molecular weight is 324 g/mol. The molecule has 0 rings (SSSR count). The predicted octanol–water partition coefficient (Wildman–Crippen LogP) is -1.12. The molecule has 0 aliphatic heterocycles. The average Bonchev–Trinajstić information content (AvgIpc) is 2.46. The van der Waals surface area contributed by atoms with E-state index in [1.165, 1.54) is 0 Å². The fourth-order valence-electron chi connectivity index (χ4n) is 1.34. The highest BCUT2D eigenvalue weighted by atomic mass is 28.4. The lowest BCUT2D eigenvalue weighted by atomic mass is 10.4. The molecule has 8 N–H and O–H groups in total. The minimum Gasteiger partial charge on any atom is -0.347 e. The van der Waals surface area contributed by atoms with Crippen molar-refractivity contribution in [3.05, 3.63) is 0 Å². The van der Waals surface area contributed by atoms with Gasteiger partial charge in [-0.15, -0.1) is 0 Å². The summed E-state index contributed by atoms with van der Waals surface area (Å²) in [6, 6.07) is 0. The number of hydrogen-bond acceptors (Lipinski definition) is 8. The molecule has 0 fully saturated rings. The molecule has 0 aromatic carbocycles. The maximum atomic E-state index is 5.89. The van der Waals surface area contributed by atoms with Gasteiger partial charge in [0, 0.05) is 26.2 Å². The first kappa shape index (κ1) is 20.9. The van der Waals surface area contributed by atoms with E-state index < -0.39 is 9.05 Å². The summed E-state index contributed by atoms with van der Waals surface area (Å²) >= 11 is 0. The van der Waals surface area contributed by atoms with Gasteiger partial charge in [0.1, 0.15) is 0 Å². The lowest BCUT2D eigenvalue weighted by Crippen LogP contribution is -2.58. The first-order valence-corrected chi connectivity index (χ1v) is 8.97. The third-order valence-corrected chi connectivity index (χ3v) is 5.47. The lowest BCUT2D eigenvalue weighted by Gasteiger charge is -2.35. The summed E-state index contributed by atoms with van der Waals surface area (Å²) in [6.07, 6.45) is -1.12. The molecule has 0 heterocycles. The standard InChI is InChI=1S/C12H32N4O4Si/c1-9(5-13)17-21(18-10(2)6-14,19-11(3)7-15)20-12(4)8-16/h9-12H,5-8,13-16H2,1-4H3. The van der Waals surface area contributed by atoms with E-state index in [0.717, 1.165) is 0 Å². The molecule has 0 saturated carbocycles. The molecular formula is C12H32N4O4Si. The molecule has 0 aromatic rings. The smallest absolute Gasteiger partial charge is 0.347 e. The zero-order chi connectivity index (χ0) is 16.5. The Labute approximate surface area is 128 Å². The van der Waals surface area contributed by atoms with Crippen LogP contribution in [0, 0.1) is 0 Å². The van der Waals surface area contributed by atoms with Crippen LogP contribution in [0.2, 0.25) is 0 Å². The third-order valence-electron chi connectivity index (χ3n) is 2.71. The second-order valence-electron chi connectivity index (χ2n) is 5.16. The molecule has 4 atom stereocenters. The summed E-state index contributed by atoms with van der Waals surface area (Å²) in [7, 11) is -3.45. The predicted molar refractivity (Wildman–Crippen MR) is 84.2 cm³/mol.